The molecule has 64 heavy (non-hydrogen) atoms. The van der Waals surface area contributed by atoms with Crippen LogP contribution in [-0.4, -0.2) is 84.3 Å². The number of anilines is 3. The van der Waals surface area contributed by atoms with E-state index in [-0.39, 0.29) is 28.1 Å². The van der Waals surface area contributed by atoms with Crippen molar-refractivity contribution in [1.82, 2.24) is 25.2 Å². The van der Waals surface area contributed by atoms with Gasteiger partial charge >= 0.3 is 0 Å². The van der Waals surface area contributed by atoms with Gasteiger partial charge in [-0.3, -0.25) is 24.7 Å². The predicted molar refractivity (Wildman–Crippen MR) is 258 cm³/mol. The van der Waals surface area contributed by atoms with Gasteiger partial charge in [-0.25, -0.2) is 18.4 Å². The number of thioether (sulfide) groups is 1. The normalized spacial score (nSPS) is 13.7. The van der Waals surface area contributed by atoms with Crippen molar-refractivity contribution in [3.63, 3.8) is 0 Å². The van der Waals surface area contributed by atoms with E-state index in [1.807, 2.05) is 91.0 Å². The van der Waals surface area contributed by atoms with Crippen LogP contribution in [0.2, 0.25) is 5.02 Å². The lowest BCUT2D eigenvalue weighted by atomic mass is 9.99. The van der Waals surface area contributed by atoms with E-state index in [0.717, 1.165) is 73.6 Å². The summed E-state index contributed by atoms with van der Waals surface area (Å²) in [6, 6.07) is 41.6. The number of halogens is 1. The molecule has 1 atom stereocenters. The third kappa shape index (κ3) is 11.5. The van der Waals surface area contributed by atoms with Crippen molar-refractivity contribution >= 4 is 67.2 Å². The Balaban J connectivity index is 0.922. The van der Waals surface area contributed by atoms with Gasteiger partial charge in [0.15, 0.2) is 5.82 Å². The average Bonchev–Trinajstić information content (AvgIpc) is 3.31. The molecular weight excluding hydrogens is 866 g/mol. The molecule has 5 aromatic carbocycles. The Morgan fingerprint density at radius 2 is 1.59 bits per heavy atom. The van der Waals surface area contributed by atoms with Crippen molar-refractivity contribution in [3.05, 3.63) is 172 Å². The second kappa shape index (κ2) is 21.1. The highest BCUT2D eigenvalue weighted by atomic mass is 35.5. The van der Waals surface area contributed by atoms with Crippen molar-refractivity contribution in [3.8, 4) is 11.1 Å². The van der Waals surface area contributed by atoms with Gasteiger partial charge in [-0.05, 0) is 96.4 Å². The monoisotopic (exact) mass is 913 g/mol. The van der Waals surface area contributed by atoms with E-state index in [0.29, 0.717) is 34.6 Å². The molecule has 16 heteroatoms. The maximum absolute atomic E-state index is 13.9. The van der Waals surface area contributed by atoms with Crippen LogP contribution in [0.15, 0.2) is 156 Å². The smallest absolute Gasteiger partial charge is 0.293 e. The fourth-order valence-corrected chi connectivity index (χ4v) is 9.99. The van der Waals surface area contributed by atoms with E-state index in [2.05, 4.69) is 64.4 Å². The second-order valence-electron chi connectivity index (χ2n) is 15.5. The van der Waals surface area contributed by atoms with Crippen LogP contribution in [-0.2, 0) is 23.0 Å². The minimum absolute atomic E-state index is 0.0792. The van der Waals surface area contributed by atoms with Gasteiger partial charge in [0.2, 0.25) is 0 Å². The lowest BCUT2D eigenvalue weighted by molar-refractivity contribution is -0.384. The number of hydrogen-bond donors (Lipinski definition) is 3. The summed E-state index contributed by atoms with van der Waals surface area (Å²) >= 11 is 8.08. The Hall–Kier alpha value is -6.10. The minimum atomic E-state index is -4.30. The van der Waals surface area contributed by atoms with Gasteiger partial charge in [-0.15, -0.1) is 11.8 Å². The van der Waals surface area contributed by atoms with Gasteiger partial charge in [0.25, 0.3) is 15.7 Å². The quantitative estimate of drug-likeness (QED) is 0.0306. The van der Waals surface area contributed by atoms with E-state index in [4.69, 9.17) is 11.6 Å². The number of pyridine rings is 1. The fraction of sp³-hybridized carbons (Fsp3) is 0.229. The standard InChI is InChI=1S/C48H48ClN9O4S2/c49-37-14-17-43(35-9-3-1-4-10-35)36(29-37)32-56-25-27-57(28-26-56)40-15-18-44-46(30-40)52-34-53-48(44)55-64(61,62)42-16-19-45(47(31-42)58(59)60)54-39(33-63-41-12-5-2-6-13-41)21-24-50-23-20-38-11-7-8-22-51-38/h1-19,22,29-31,34,39,50,54H,20-21,23-28,32-33H2,(H,52,53,55). The zero-order valence-electron chi connectivity index (χ0n) is 35.0. The van der Waals surface area contributed by atoms with E-state index in [1.165, 1.54) is 29.6 Å². The molecule has 328 valence electrons. The summed E-state index contributed by atoms with van der Waals surface area (Å²) in [6.45, 7) is 5.43. The fourth-order valence-electron chi connectivity index (χ4n) is 7.75. The largest absolute Gasteiger partial charge is 0.376 e. The Morgan fingerprint density at radius 3 is 2.36 bits per heavy atom. The van der Waals surface area contributed by atoms with E-state index in [9.17, 15) is 18.5 Å². The molecule has 2 aromatic heterocycles. The molecule has 1 fully saturated rings. The van der Waals surface area contributed by atoms with Gasteiger partial charge in [-0.2, -0.15) is 0 Å². The highest BCUT2D eigenvalue weighted by Gasteiger charge is 2.25. The molecule has 0 bridgehead atoms. The molecule has 0 amide bonds. The number of fused-ring (bicyclic) bond motifs is 1. The Bertz CT molecular complexity index is 2780. The van der Waals surface area contributed by atoms with Gasteiger partial charge in [-0.1, -0.05) is 72.3 Å². The molecule has 3 N–H and O–H groups in total. The number of nitrogens with zero attached hydrogens (tertiary/aromatic N) is 6. The number of aromatic nitrogens is 3. The van der Waals surface area contributed by atoms with Crippen LogP contribution in [0.5, 0.6) is 0 Å². The average molecular weight is 915 g/mol. The zero-order chi connectivity index (χ0) is 44.3. The number of nitro benzene ring substituents is 1. The number of rotatable bonds is 19. The lowest BCUT2D eigenvalue weighted by Crippen LogP contribution is -2.46. The highest BCUT2D eigenvalue weighted by Crippen LogP contribution is 2.33. The molecule has 13 nitrogen and oxygen atoms in total. The Morgan fingerprint density at radius 1 is 0.812 bits per heavy atom. The molecular formula is C48H48ClN9O4S2. The molecule has 8 rings (SSSR count). The molecule has 0 saturated carbocycles. The highest BCUT2D eigenvalue weighted by molar-refractivity contribution is 7.99. The van der Waals surface area contributed by atoms with Crippen molar-refractivity contribution in [2.24, 2.45) is 0 Å². The first-order valence-electron chi connectivity index (χ1n) is 21.1. The van der Waals surface area contributed by atoms with E-state index >= 15 is 0 Å². The first-order chi connectivity index (χ1) is 31.2. The van der Waals surface area contributed by atoms with Crippen molar-refractivity contribution in [2.45, 2.75) is 35.2 Å². The number of hydrogen-bond acceptors (Lipinski definition) is 12. The van der Waals surface area contributed by atoms with Crippen LogP contribution < -0.4 is 20.3 Å². The summed E-state index contributed by atoms with van der Waals surface area (Å²) in [5.74, 6) is 0.707. The summed E-state index contributed by atoms with van der Waals surface area (Å²) in [7, 11) is -4.30. The van der Waals surface area contributed by atoms with Crippen LogP contribution in [0.4, 0.5) is 22.9 Å². The topological polar surface area (TPSA) is 159 Å². The lowest BCUT2D eigenvalue weighted by Gasteiger charge is -2.36. The molecule has 0 aliphatic carbocycles. The summed E-state index contributed by atoms with van der Waals surface area (Å²) in [6.07, 6.45) is 4.53. The first kappa shape index (κ1) is 44.5. The number of piperazine rings is 1. The van der Waals surface area contributed by atoms with Crippen molar-refractivity contribution < 1.29 is 13.3 Å². The molecule has 1 saturated heterocycles. The molecule has 1 aliphatic heterocycles. The molecule has 1 aliphatic rings. The third-order valence-electron chi connectivity index (χ3n) is 11.1. The Kier molecular flexibility index (Phi) is 14.6. The van der Waals surface area contributed by atoms with Crippen LogP contribution in [0.25, 0.3) is 22.0 Å². The molecule has 0 spiro atoms. The number of nitrogens with one attached hydrogen (secondary N) is 3. The molecule has 3 heterocycles. The summed E-state index contributed by atoms with van der Waals surface area (Å²) in [4.78, 5) is 30.6. The maximum Gasteiger partial charge on any atom is 0.293 e. The van der Waals surface area contributed by atoms with Gasteiger partial charge in [0.05, 0.1) is 15.3 Å². The SMILES string of the molecule is O=[N+]([O-])c1cc(S(=O)(=O)Nc2ncnc3cc(N4CCN(Cc5cc(Cl)ccc5-c5ccccc5)CC4)ccc23)ccc1NC(CCNCCc1ccccn1)CSc1ccccc1. The number of sulfonamides is 1. The first-order valence-corrected chi connectivity index (χ1v) is 24.0. The van der Waals surface area contributed by atoms with Crippen LogP contribution >= 0.6 is 23.4 Å². The van der Waals surface area contributed by atoms with E-state index < -0.39 is 14.9 Å². The number of benzene rings is 5. The summed E-state index contributed by atoms with van der Waals surface area (Å²) in [5, 5.41) is 20.5. The van der Waals surface area contributed by atoms with Crippen LogP contribution in [0, 0.1) is 10.1 Å². The van der Waals surface area contributed by atoms with Gasteiger partial charge < -0.3 is 15.5 Å². The second-order valence-corrected chi connectivity index (χ2v) is 18.7. The Labute approximate surface area is 382 Å². The third-order valence-corrected chi connectivity index (χ3v) is 13.9. The van der Waals surface area contributed by atoms with Gasteiger partial charge in [0.1, 0.15) is 12.0 Å². The van der Waals surface area contributed by atoms with Crippen molar-refractivity contribution in [1.29, 1.82) is 0 Å². The minimum Gasteiger partial charge on any atom is -0.376 e. The van der Waals surface area contributed by atoms with Crippen molar-refractivity contribution in [2.75, 3.05) is 60.0 Å². The molecule has 7 aromatic rings. The predicted octanol–water partition coefficient (Wildman–Crippen LogP) is 9.17. The summed E-state index contributed by atoms with van der Waals surface area (Å²) in [5.41, 5.74) is 5.93. The summed E-state index contributed by atoms with van der Waals surface area (Å²) < 4.78 is 30.3. The van der Waals surface area contributed by atoms with Crippen LogP contribution in [0.3, 0.4) is 0 Å². The van der Waals surface area contributed by atoms with Crippen LogP contribution in [0.1, 0.15) is 17.7 Å². The molecule has 0 radical (unpaired) electrons. The number of nitro groups is 1. The maximum atomic E-state index is 13.9. The zero-order valence-corrected chi connectivity index (χ0v) is 37.4. The van der Waals surface area contributed by atoms with E-state index in [1.54, 1.807) is 18.0 Å². The molecule has 1 unspecified atom stereocenters. The van der Waals surface area contributed by atoms with Gasteiger partial charge in [0, 0.05) is 96.4 Å².